The number of aryl methyl sites for hydroxylation is 2. The summed E-state index contributed by atoms with van der Waals surface area (Å²) in [7, 11) is 0. The van der Waals surface area contributed by atoms with Gasteiger partial charge in [0.2, 0.25) is 5.95 Å². The minimum atomic E-state index is -0.254. The molecule has 0 saturated carbocycles. The molecule has 6 heteroatoms. The van der Waals surface area contributed by atoms with Crippen molar-refractivity contribution in [3.63, 3.8) is 0 Å². The molecule has 30 heavy (non-hydrogen) atoms. The smallest absolute Gasteiger partial charge is 0.225 e. The van der Waals surface area contributed by atoms with Crippen molar-refractivity contribution in [2.75, 3.05) is 23.3 Å². The highest BCUT2D eigenvalue weighted by molar-refractivity contribution is 5.61. The third kappa shape index (κ3) is 4.87. The summed E-state index contributed by atoms with van der Waals surface area (Å²) in [6.07, 6.45) is 6.78. The van der Waals surface area contributed by atoms with Gasteiger partial charge >= 0.3 is 0 Å². The lowest BCUT2D eigenvalue weighted by Crippen LogP contribution is -2.39. The van der Waals surface area contributed by atoms with Crippen LogP contribution in [0.3, 0.4) is 0 Å². The van der Waals surface area contributed by atoms with E-state index in [4.69, 9.17) is 4.74 Å². The van der Waals surface area contributed by atoms with Crippen LogP contribution in [0.2, 0.25) is 0 Å². The molecule has 0 spiro atoms. The lowest BCUT2D eigenvalue weighted by atomic mass is 10.1. The van der Waals surface area contributed by atoms with Crippen LogP contribution in [0.25, 0.3) is 0 Å². The van der Waals surface area contributed by atoms with Gasteiger partial charge in [0.05, 0.1) is 5.69 Å². The summed E-state index contributed by atoms with van der Waals surface area (Å²) < 4.78 is 20.2. The van der Waals surface area contributed by atoms with E-state index < -0.39 is 0 Å². The fourth-order valence-corrected chi connectivity index (χ4v) is 3.55. The molecule has 1 N–H and O–H groups in total. The number of halogens is 1. The van der Waals surface area contributed by atoms with Crippen LogP contribution < -0.4 is 15.0 Å². The molecular weight excluding hydrogens is 379 g/mol. The molecule has 0 radical (unpaired) electrons. The van der Waals surface area contributed by atoms with Crippen LogP contribution >= 0.6 is 0 Å². The minimum absolute atomic E-state index is 0.171. The summed E-state index contributed by atoms with van der Waals surface area (Å²) in [6, 6.07) is 12.8. The second-order valence-electron chi connectivity index (χ2n) is 7.68. The molecule has 3 aromatic rings. The van der Waals surface area contributed by atoms with Crippen molar-refractivity contribution in [2.45, 2.75) is 39.2 Å². The molecule has 156 valence electrons. The Morgan fingerprint density at radius 1 is 1.07 bits per heavy atom. The molecule has 0 atom stereocenters. The summed E-state index contributed by atoms with van der Waals surface area (Å²) in [6.45, 7) is 5.73. The van der Waals surface area contributed by atoms with Gasteiger partial charge in [0.25, 0.3) is 0 Å². The van der Waals surface area contributed by atoms with Gasteiger partial charge in [0, 0.05) is 44.0 Å². The monoisotopic (exact) mass is 406 g/mol. The molecule has 4 rings (SSSR count). The maximum Gasteiger partial charge on any atom is 0.225 e. The Hall–Kier alpha value is -3.15. The van der Waals surface area contributed by atoms with Crippen molar-refractivity contribution >= 4 is 17.3 Å². The largest absolute Gasteiger partial charge is 0.490 e. The minimum Gasteiger partial charge on any atom is -0.490 e. The predicted molar refractivity (Wildman–Crippen MR) is 118 cm³/mol. The standard InChI is InChI=1S/C24H27FN4O/c1-3-18-15-26-24(27-16-18)29-12-10-21(11-13-29)30-20-7-5-19(6-8-20)28-23-9-4-17(2)14-22(23)25/h4-9,14-16,21,28H,3,10-13H2,1-2H3. The van der Waals surface area contributed by atoms with E-state index in [2.05, 4.69) is 27.1 Å². The number of hydrogen-bond donors (Lipinski definition) is 1. The molecular formula is C24H27FN4O. The topological polar surface area (TPSA) is 50.3 Å². The zero-order chi connectivity index (χ0) is 20.9. The Balaban J connectivity index is 1.29. The number of rotatable bonds is 6. The van der Waals surface area contributed by atoms with Crippen LogP contribution in [0.1, 0.15) is 30.9 Å². The summed E-state index contributed by atoms with van der Waals surface area (Å²) in [5.41, 5.74) is 3.35. The summed E-state index contributed by atoms with van der Waals surface area (Å²) in [5, 5.41) is 3.11. The Morgan fingerprint density at radius 3 is 2.40 bits per heavy atom. The van der Waals surface area contributed by atoms with Crippen molar-refractivity contribution in [1.29, 1.82) is 0 Å². The second kappa shape index (κ2) is 9.11. The first-order chi connectivity index (χ1) is 14.6. The van der Waals surface area contributed by atoms with Crippen LogP contribution in [0, 0.1) is 12.7 Å². The maximum absolute atomic E-state index is 14.0. The van der Waals surface area contributed by atoms with Crippen LogP contribution in [0.15, 0.2) is 54.9 Å². The van der Waals surface area contributed by atoms with Crippen molar-refractivity contribution in [3.8, 4) is 5.75 Å². The highest BCUT2D eigenvalue weighted by Crippen LogP contribution is 2.25. The highest BCUT2D eigenvalue weighted by atomic mass is 19.1. The summed E-state index contributed by atoms with van der Waals surface area (Å²) in [5.74, 6) is 1.37. The van der Waals surface area contributed by atoms with E-state index in [-0.39, 0.29) is 11.9 Å². The second-order valence-corrected chi connectivity index (χ2v) is 7.68. The highest BCUT2D eigenvalue weighted by Gasteiger charge is 2.22. The fraction of sp³-hybridized carbons (Fsp3) is 0.333. The SMILES string of the molecule is CCc1cnc(N2CCC(Oc3ccc(Nc4ccc(C)cc4F)cc3)CC2)nc1. The van der Waals surface area contributed by atoms with Gasteiger partial charge in [-0.2, -0.15) is 0 Å². The predicted octanol–water partition coefficient (Wildman–Crippen LogP) is 5.28. The zero-order valence-electron chi connectivity index (χ0n) is 17.4. The molecule has 5 nitrogen and oxygen atoms in total. The van der Waals surface area contributed by atoms with Gasteiger partial charge in [0.1, 0.15) is 17.7 Å². The molecule has 0 amide bonds. The number of hydrogen-bond acceptors (Lipinski definition) is 5. The van der Waals surface area contributed by atoms with Gasteiger partial charge in [-0.15, -0.1) is 0 Å². The molecule has 2 aromatic carbocycles. The van der Waals surface area contributed by atoms with Crippen molar-refractivity contribution in [2.24, 2.45) is 0 Å². The average molecular weight is 407 g/mol. The van der Waals surface area contributed by atoms with Gasteiger partial charge < -0.3 is 15.0 Å². The van der Waals surface area contributed by atoms with Crippen LogP contribution in [0.4, 0.5) is 21.7 Å². The fourth-order valence-electron chi connectivity index (χ4n) is 3.55. The van der Waals surface area contributed by atoms with Gasteiger partial charge in [-0.25, -0.2) is 14.4 Å². The number of nitrogens with one attached hydrogen (secondary N) is 1. The lowest BCUT2D eigenvalue weighted by molar-refractivity contribution is 0.170. The molecule has 1 aromatic heterocycles. The van der Waals surface area contributed by atoms with Gasteiger partial charge in [0.15, 0.2) is 0 Å². The third-order valence-corrected chi connectivity index (χ3v) is 5.39. The average Bonchev–Trinajstić information content (AvgIpc) is 2.78. The van der Waals surface area contributed by atoms with E-state index in [0.717, 1.165) is 60.9 Å². The number of benzene rings is 2. The first kappa shape index (κ1) is 20.1. The van der Waals surface area contributed by atoms with E-state index in [1.807, 2.05) is 49.6 Å². The number of nitrogens with zero attached hydrogens (tertiary/aromatic N) is 3. The molecule has 1 aliphatic rings. The molecule has 2 heterocycles. The van der Waals surface area contributed by atoms with Gasteiger partial charge in [-0.05, 0) is 60.9 Å². The summed E-state index contributed by atoms with van der Waals surface area (Å²) in [4.78, 5) is 11.2. The molecule has 0 aliphatic carbocycles. The number of piperidine rings is 1. The number of aromatic nitrogens is 2. The molecule has 0 bridgehead atoms. The Kier molecular flexibility index (Phi) is 6.12. The first-order valence-electron chi connectivity index (χ1n) is 10.5. The Labute approximate surface area is 176 Å². The Bertz CT molecular complexity index is 968. The quantitative estimate of drug-likeness (QED) is 0.604. The van der Waals surface area contributed by atoms with E-state index in [1.54, 1.807) is 6.07 Å². The van der Waals surface area contributed by atoms with Crippen molar-refractivity contribution < 1.29 is 9.13 Å². The van der Waals surface area contributed by atoms with Crippen LogP contribution in [-0.2, 0) is 6.42 Å². The van der Waals surface area contributed by atoms with Gasteiger partial charge in [-0.1, -0.05) is 13.0 Å². The zero-order valence-corrected chi connectivity index (χ0v) is 17.4. The first-order valence-corrected chi connectivity index (χ1v) is 10.5. The molecule has 1 saturated heterocycles. The third-order valence-electron chi connectivity index (χ3n) is 5.39. The molecule has 1 fully saturated rings. The van der Waals surface area contributed by atoms with E-state index in [9.17, 15) is 4.39 Å². The number of anilines is 3. The molecule has 0 unspecified atom stereocenters. The van der Waals surface area contributed by atoms with Crippen LogP contribution in [-0.4, -0.2) is 29.2 Å². The molecule has 1 aliphatic heterocycles. The van der Waals surface area contributed by atoms with Gasteiger partial charge in [-0.3, -0.25) is 0 Å². The summed E-state index contributed by atoms with van der Waals surface area (Å²) >= 11 is 0. The maximum atomic E-state index is 14.0. The van der Waals surface area contributed by atoms with E-state index in [1.165, 1.54) is 6.07 Å². The van der Waals surface area contributed by atoms with Crippen molar-refractivity contribution in [3.05, 3.63) is 71.8 Å². The van der Waals surface area contributed by atoms with Crippen molar-refractivity contribution in [1.82, 2.24) is 9.97 Å². The van der Waals surface area contributed by atoms with E-state index >= 15 is 0 Å². The van der Waals surface area contributed by atoms with E-state index in [0.29, 0.717) is 5.69 Å². The number of ether oxygens (including phenoxy) is 1. The normalized spacial score (nSPS) is 14.6. The van der Waals surface area contributed by atoms with Crippen LogP contribution in [0.5, 0.6) is 5.75 Å². The lowest BCUT2D eigenvalue weighted by Gasteiger charge is -2.32. The Morgan fingerprint density at radius 2 is 1.77 bits per heavy atom.